The Labute approximate surface area is 103 Å². The second-order valence-corrected chi connectivity index (χ2v) is 3.64. The first-order valence-corrected chi connectivity index (χ1v) is 5.34. The average molecular weight is 254 g/mol. The highest BCUT2D eigenvalue weighted by molar-refractivity contribution is 5.73. The normalized spacial score (nSPS) is 11.9. The number of nitrogens with zero attached hydrogens (tertiary/aromatic N) is 1. The van der Waals surface area contributed by atoms with E-state index in [0.29, 0.717) is 12.2 Å². The Balaban J connectivity index is 2.99. The number of hydrogen-bond donors (Lipinski definition) is 2. The largest absolute Gasteiger partial charge is 0.487 e. The zero-order chi connectivity index (χ0) is 13.7. The lowest BCUT2D eigenvalue weighted by Crippen LogP contribution is -2.32. The van der Waals surface area contributed by atoms with Crippen LogP contribution in [-0.4, -0.2) is 28.6 Å². The Morgan fingerprint density at radius 3 is 2.78 bits per heavy atom. The van der Waals surface area contributed by atoms with Crippen molar-refractivity contribution in [3.8, 4) is 5.75 Å². The van der Waals surface area contributed by atoms with E-state index in [1.165, 1.54) is 12.1 Å². The van der Waals surface area contributed by atoms with E-state index in [1.807, 2.05) is 0 Å². The van der Waals surface area contributed by atoms with Gasteiger partial charge in [0.1, 0.15) is 6.04 Å². The van der Waals surface area contributed by atoms with Crippen molar-refractivity contribution in [2.45, 2.75) is 19.4 Å². The SMILES string of the molecule is CCOc1ccc(C[C@H](N)C(=O)O)cc1[N+](=O)[O-]. The highest BCUT2D eigenvalue weighted by Gasteiger charge is 2.18. The van der Waals surface area contributed by atoms with Gasteiger partial charge in [0, 0.05) is 6.07 Å². The van der Waals surface area contributed by atoms with Crippen molar-refractivity contribution < 1.29 is 19.6 Å². The summed E-state index contributed by atoms with van der Waals surface area (Å²) < 4.78 is 5.12. The second-order valence-electron chi connectivity index (χ2n) is 3.64. The molecule has 0 aliphatic heterocycles. The van der Waals surface area contributed by atoms with Crippen LogP contribution < -0.4 is 10.5 Å². The maximum absolute atomic E-state index is 10.8. The maximum Gasteiger partial charge on any atom is 0.320 e. The minimum atomic E-state index is -1.15. The van der Waals surface area contributed by atoms with Crippen LogP contribution in [0.25, 0.3) is 0 Å². The van der Waals surface area contributed by atoms with Gasteiger partial charge in [-0.05, 0) is 25.0 Å². The van der Waals surface area contributed by atoms with E-state index in [4.69, 9.17) is 15.6 Å². The van der Waals surface area contributed by atoms with Gasteiger partial charge in [-0.25, -0.2) is 0 Å². The third-order valence-corrected chi connectivity index (χ3v) is 2.29. The molecule has 0 bridgehead atoms. The smallest absolute Gasteiger partial charge is 0.320 e. The third kappa shape index (κ3) is 3.42. The fourth-order valence-corrected chi connectivity index (χ4v) is 1.45. The van der Waals surface area contributed by atoms with Crippen LogP contribution in [0.2, 0.25) is 0 Å². The molecule has 0 aliphatic rings. The van der Waals surface area contributed by atoms with Gasteiger partial charge in [-0.15, -0.1) is 0 Å². The molecule has 7 heteroatoms. The molecule has 0 aromatic heterocycles. The summed E-state index contributed by atoms with van der Waals surface area (Å²) in [6.07, 6.45) is 0.0303. The molecule has 0 unspecified atom stereocenters. The summed E-state index contributed by atoms with van der Waals surface area (Å²) in [6.45, 7) is 2.03. The molecule has 0 spiro atoms. The summed E-state index contributed by atoms with van der Waals surface area (Å²) in [5.74, 6) is -0.985. The quantitative estimate of drug-likeness (QED) is 0.576. The Kier molecular flexibility index (Phi) is 4.61. The van der Waals surface area contributed by atoms with Gasteiger partial charge in [0.2, 0.25) is 0 Å². The summed E-state index contributed by atoms with van der Waals surface area (Å²) in [5.41, 5.74) is 5.67. The van der Waals surface area contributed by atoms with Crippen LogP contribution in [0, 0.1) is 10.1 Å². The number of ether oxygens (including phenoxy) is 1. The van der Waals surface area contributed by atoms with Crippen molar-refractivity contribution >= 4 is 11.7 Å². The molecule has 0 aliphatic carbocycles. The minimum Gasteiger partial charge on any atom is -0.487 e. The van der Waals surface area contributed by atoms with Crippen LogP contribution in [0.1, 0.15) is 12.5 Å². The van der Waals surface area contributed by atoms with Crippen LogP contribution in [0.15, 0.2) is 18.2 Å². The fraction of sp³-hybridized carbons (Fsp3) is 0.364. The number of carboxylic acid groups (broad SMARTS) is 1. The van der Waals surface area contributed by atoms with Crippen LogP contribution >= 0.6 is 0 Å². The summed E-state index contributed by atoms with van der Waals surface area (Å²) in [7, 11) is 0. The summed E-state index contributed by atoms with van der Waals surface area (Å²) in [6, 6.07) is 3.22. The molecular formula is C11H14N2O5. The van der Waals surface area contributed by atoms with Gasteiger partial charge in [0.15, 0.2) is 5.75 Å². The van der Waals surface area contributed by atoms with E-state index in [2.05, 4.69) is 0 Å². The highest BCUT2D eigenvalue weighted by Crippen LogP contribution is 2.28. The molecular weight excluding hydrogens is 240 g/mol. The highest BCUT2D eigenvalue weighted by atomic mass is 16.6. The lowest BCUT2D eigenvalue weighted by Gasteiger charge is -2.08. The number of nitrogens with two attached hydrogens (primary N) is 1. The molecule has 7 nitrogen and oxygen atoms in total. The molecule has 3 N–H and O–H groups in total. The van der Waals surface area contributed by atoms with Gasteiger partial charge in [0.25, 0.3) is 0 Å². The molecule has 1 aromatic carbocycles. The summed E-state index contributed by atoms with van der Waals surface area (Å²) in [5, 5.41) is 19.5. The lowest BCUT2D eigenvalue weighted by molar-refractivity contribution is -0.385. The molecule has 0 amide bonds. The molecule has 1 aromatic rings. The van der Waals surface area contributed by atoms with E-state index < -0.39 is 16.9 Å². The Bertz CT molecular complexity index is 461. The first-order valence-electron chi connectivity index (χ1n) is 5.34. The van der Waals surface area contributed by atoms with Crippen LogP contribution in [0.3, 0.4) is 0 Å². The number of carboxylic acids is 1. The van der Waals surface area contributed by atoms with Gasteiger partial charge >= 0.3 is 11.7 Å². The molecule has 0 radical (unpaired) electrons. The number of aliphatic carboxylic acids is 1. The number of nitro groups is 1. The van der Waals surface area contributed by atoms with Crippen LogP contribution in [0.5, 0.6) is 5.75 Å². The van der Waals surface area contributed by atoms with E-state index in [-0.39, 0.29) is 17.9 Å². The maximum atomic E-state index is 10.8. The van der Waals surface area contributed by atoms with Crippen molar-refractivity contribution in [2.75, 3.05) is 6.61 Å². The van der Waals surface area contributed by atoms with E-state index in [0.717, 1.165) is 0 Å². The van der Waals surface area contributed by atoms with Gasteiger partial charge < -0.3 is 15.6 Å². The zero-order valence-electron chi connectivity index (χ0n) is 9.83. The molecule has 0 fully saturated rings. The Morgan fingerprint density at radius 1 is 1.61 bits per heavy atom. The number of hydrogen-bond acceptors (Lipinski definition) is 5. The third-order valence-electron chi connectivity index (χ3n) is 2.29. The average Bonchev–Trinajstić information content (AvgIpc) is 2.30. The first-order chi connectivity index (χ1) is 8.45. The molecule has 0 saturated heterocycles. The predicted molar refractivity (Wildman–Crippen MR) is 63.6 cm³/mol. The van der Waals surface area contributed by atoms with Crippen molar-refractivity contribution in [2.24, 2.45) is 5.73 Å². The van der Waals surface area contributed by atoms with Gasteiger partial charge in [-0.1, -0.05) is 6.07 Å². The number of nitro benzene ring substituents is 1. The molecule has 18 heavy (non-hydrogen) atoms. The van der Waals surface area contributed by atoms with Crippen LogP contribution in [-0.2, 0) is 11.2 Å². The van der Waals surface area contributed by atoms with Gasteiger partial charge in [0.05, 0.1) is 11.5 Å². The molecule has 98 valence electrons. The van der Waals surface area contributed by atoms with E-state index in [1.54, 1.807) is 13.0 Å². The van der Waals surface area contributed by atoms with Crippen molar-refractivity contribution in [1.29, 1.82) is 0 Å². The molecule has 0 saturated carbocycles. The molecule has 1 rings (SSSR count). The fourth-order valence-electron chi connectivity index (χ4n) is 1.45. The Hall–Kier alpha value is -2.15. The lowest BCUT2D eigenvalue weighted by atomic mass is 10.1. The van der Waals surface area contributed by atoms with E-state index in [9.17, 15) is 14.9 Å². The van der Waals surface area contributed by atoms with Crippen molar-refractivity contribution in [3.05, 3.63) is 33.9 Å². The number of carbonyl (C=O) groups is 1. The summed E-state index contributed by atoms with van der Waals surface area (Å²) >= 11 is 0. The van der Waals surface area contributed by atoms with Crippen molar-refractivity contribution in [1.82, 2.24) is 0 Å². The topological polar surface area (TPSA) is 116 Å². The standard InChI is InChI=1S/C11H14N2O5/c1-2-18-10-4-3-7(5-8(12)11(14)15)6-9(10)13(16)17/h3-4,6,8H,2,5,12H2,1H3,(H,14,15)/t8-/m0/s1. The minimum absolute atomic E-state index is 0.0303. The van der Waals surface area contributed by atoms with E-state index >= 15 is 0 Å². The number of benzene rings is 1. The predicted octanol–water partition coefficient (Wildman–Crippen LogP) is 0.948. The monoisotopic (exact) mass is 254 g/mol. The molecule has 0 heterocycles. The zero-order valence-corrected chi connectivity index (χ0v) is 9.83. The Morgan fingerprint density at radius 2 is 2.28 bits per heavy atom. The van der Waals surface area contributed by atoms with Gasteiger partial charge in [-0.2, -0.15) is 0 Å². The van der Waals surface area contributed by atoms with Crippen LogP contribution in [0.4, 0.5) is 5.69 Å². The second kappa shape index (κ2) is 5.97. The summed E-state index contributed by atoms with van der Waals surface area (Å²) in [4.78, 5) is 20.9. The van der Waals surface area contributed by atoms with Crippen molar-refractivity contribution in [3.63, 3.8) is 0 Å². The molecule has 1 atom stereocenters. The van der Waals surface area contributed by atoms with Gasteiger partial charge in [-0.3, -0.25) is 14.9 Å². The number of rotatable bonds is 6. The first kappa shape index (κ1) is 13.9.